The zero-order chi connectivity index (χ0) is 19.1. The highest BCUT2D eigenvalue weighted by Gasteiger charge is 2.28. The van der Waals surface area contributed by atoms with Gasteiger partial charge in [0.1, 0.15) is 0 Å². The molecule has 28 heavy (non-hydrogen) atoms. The van der Waals surface area contributed by atoms with Crippen molar-refractivity contribution in [3.63, 3.8) is 0 Å². The number of tetrazole rings is 1. The Hall–Kier alpha value is -3.48. The SMILES string of the molecule is Cc1[nH]c2ccccc2c1CC(=O)Nc1cccc(-c2nnnn2C2CC2)c1. The summed E-state index contributed by atoms with van der Waals surface area (Å²) >= 11 is 0. The second-order valence-corrected chi connectivity index (χ2v) is 7.26. The van der Waals surface area contributed by atoms with E-state index < -0.39 is 0 Å². The van der Waals surface area contributed by atoms with E-state index in [0.29, 0.717) is 12.5 Å². The van der Waals surface area contributed by atoms with E-state index in [1.54, 1.807) is 0 Å². The molecule has 2 aromatic heterocycles. The van der Waals surface area contributed by atoms with Gasteiger partial charge in [0.2, 0.25) is 5.91 Å². The molecule has 2 aromatic carbocycles. The number of hydrogen-bond donors (Lipinski definition) is 2. The number of aryl methyl sites for hydroxylation is 1. The fourth-order valence-electron chi connectivity index (χ4n) is 3.61. The van der Waals surface area contributed by atoms with Gasteiger partial charge in [-0.25, -0.2) is 4.68 Å². The van der Waals surface area contributed by atoms with Gasteiger partial charge in [-0.2, -0.15) is 0 Å². The molecule has 5 rings (SSSR count). The summed E-state index contributed by atoms with van der Waals surface area (Å²) in [5.74, 6) is 0.692. The van der Waals surface area contributed by atoms with Gasteiger partial charge in [0.15, 0.2) is 5.82 Å². The summed E-state index contributed by atoms with van der Waals surface area (Å²) in [5, 5.41) is 16.2. The summed E-state index contributed by atoms with van der Waals surface area (Å²) in [6.45, 7) is 2.00. The van der Waals surface area contributed by atoms with Gasteiger partial charge >= 0.3 is 0 Å². The molecule has 0 unspecified atom stereocenters. The summed E-state index contributed by atoms with van der Waals surface area (Å²) in [7, 11) is 0. The molecule has 1 amide bonds. The van der Waals surface area contributed by atoms with Crippen molar-refractivity contribution in [3.8, 4) is 11.4 Å². The van der Waals surface area contributed by atoms with Crippen LogP contribution in [0.5, 0.6) is 0 Å². The number of aromatic amines is 1. The third-order valence-electron chi connectivity index (χ3n) is 5.15. The molecule has 0 saturated heterocycles. The first kappa shape index (κ1) is 16.7. The lowest BCUT2D eigenvalue weighted by Gasteiger charge is -2.08. The van der Waals surface area contributed by atoms with Crippen LogP contribution >= 0.6 is 0 Å². The molecule has 7 nitrogen and oxygen atoms in total. The van der Waals surface area contributed by atoms with Crippen LogP contribution in [0.15, 0.2) is 48.5 Å². The Morgan fingerprint density at radius 3 is 2.93 bits per heavy atom. The predicted octanol–water partition coefficient (Wildman–Crippen LogP) is 3.65. The predicted molar refractivity (Wildman–Crippen MR) is 107 cm³/mol. The van der Waals surface area contributed by atoms with Gasteiger partial charge in [-0.1, -0.05) is 30.3 Å². The van der Waals surface area contributed by atoms with E-state index in [1.807, 2.05) is 60.1 Å². The average Bonchev–Trinajstić information content (AvgIpc) is 3.34. The topological polar surface area (TPSA) is 88.5 Å². The van der Waals surface area contributed by atoms with Crippen LogP contribution in [0.3, 0.4) is 0 Å². The number of H-pyrrole nitrogens is 1. The Kier molecular flexibility index (Phi) is 3.93. The van der Waals surface area contributed by atoms with E-state index in [1.165, 1.54) is 0 Å². The molecule has 1 saturated carbocycles. The molecule has 1 fully saturated rings. The van der Waals surface area contributed by atoms with Gasteiger partial charge in [0, 0.05) is 27.8 Å². The Labute approximate surface area is 161 Å². The van der Waals surface area contributed by atoms with Crippen LogP contribution in [0.4, 0.5) is 5.69 Å². The Morgan fingerprint density at radius 1 is 1.21 bits per heavy atom. The van der Waals surface area contributed by atoms with Gasteiger partial charge in [-0.15, -0.1) is 5.10 Å². The summed E-state index contributed by atoms with van der Waals surface area (Å²) in [4.78, 5) is 16.0. The molecule has 2 N–H and O–H groups in total. The maximum atomic E-state index is 12.7. The molecule has 0 radical (unpaired) electrons. The van der Waals surface area contributed by atoms with Gasteiger partial charge in [-0.05, 0) is 54.0 Å². The van der Waals surface area contributed by atoms with Crippen molar-refractivity contribution in [2.45, 2.75) is 32.2 Å². The maximum Gasteiger partial charge on any atom is 0.228 e. The second kappa shape index (κ2) is 6.60. The molecular formula is C21H20N6O. The number of benzene rings is 2. The van der Waals surface area contributed by atoms with Crippen LogP contribution < -0.4 is 5.32 Å². The van der Waals surface area contributed by atoms with Crippen LogP contribution in [-0.4, -0.2) is 31.1 Å². The average molecular weight is 372 g/mol. The lowest BCUT2D eigenvalue weighted by Crippen LogP contribution is -2.14. The minimum atomic E-state index is -0.0493. The summed E-state index contributed by atoms with van der Waals surface area (Å²) in [6.07, 6.45) is 2.54. The van der Waals surface area contributed by atoms with Gasteiger partial charge in [-0.3, -0.25) is 4.79 Å². The molecule has 4 aromatic rings. The summed E-state index contributed by atoms with van der Waals surface area (Å²) in [6, 6.07) is 16.1. The first-order chi connectivity index (χ1) is 13.7. The Bertz CT molecular complexity index is 1170. The number of carbonyl (C=O) groups excluding carboxylic acids is 1. The molecule has 0 bridgehead atoms. The van der Waals surface area contributed by atoms with Crippen LogP contribution in [0.25, 0.3) is 22.3 Å². The Morgan fingerprint density at radius 2 is 2.07 bits per heavy atom. The second-order valence-electron chi connectivity index (χ2n) is 7.26. The molecule has 1 aliphatic carbocycles. The van der Waals surface area contributed by atoms with Crippen molar-refractivity contribution in [2.24, 2.45) is 0 Å². The molecule has 2 heterocycles. The molecule has 0 spiro atoms. The molecule has 7 heteroatoms. The van der Waals surface area contributed by atoms with Crippen molar-refractivity contribution in [1.82, 2.24) is 25.2 Å². The number of hydrogen-bond acceptors (Lipinski definition) is 4. The third-order valence-corrected chi connectivity index (χ3v) is 5.15. The highest BCUT2D eigenvalue weighted by Crippen LogP contribution is 2.36. The lowest BCUT2D eigenvalue weighted by atomic mass is 10.1. The van der Waals surface area contributed by atoms with E-state index in [4.69, 9.17) is 0 Å². The third kappa shape index (κ3) is 3.05. The highest BCUT2D eigenvalue weighted by molar-refractivity contribution is 5.96. The van der Waals surface area contributed by atoms with Crippen molar-refractivity contribution >= 4 is 22.5 Å². The minimum absolute atomic E-state index is 0.0493. The number of nitrogens with zero attached hydrogens (tertiary/aromatic N) is 4. The number of rotatable bonds is 5. The quantitative estimate of drug-likeness (QED) is 0.560. The van der Waals surface area contributed by atoms with Crippen LogP contribution in [0.2, 0.25) is 0 Å². The van der Waals surface area contributed by atoms with Crippen LogP contribution in [0.1, 0.15) is 30.1 Å². The number of aromatic nitrogens is 5. The summed E-state index contributed by atoms with van der Waals surface area (Å²) in [5.41, 5.74) is 4.75. The Balaban J connectivity index is 1.37. The zero-order valence-corrected chi connectivity index (χ0v) is 15.5. The van der Waals surface area contributed by atoms with Crippen molar-refractivity contribution in [2.75, 3.05) is 5.32 Å². The van der Waals surface area contributed by atoms with Crippen LogP contribution in [-0.2, 0) is 11.2 Å². The van der Waals surface area contributed by atoms with Gasteiger partial charge in [0.25, 0.3) is 0 Å². The number of para-hydroxylation sites is 1. The fraction of sp³-hybridized carbons (Fsp3) is 0.238. The molecule has 0 atom stereocenters. The number of anilines is 1. The van der Waals surface area contributed by atoms with E-state index in [2.05, 4.69) is 25.8 Å². The zero-order valence-electron chi connectivity index (χ0n) is 15.5. The van der Waals surface area contributed by atoms with Crippen molar-refractivity contribution < 1.29 is 4.79 Å². The summed E-state index contributed by atoms with van der Waals surface area (Å²) < 4.78 is 1.87. The minimum Gasteiger partial charge on any atom is -0.358 e. The van der Waals surface area contributed by atoms with Gasteiger partial charge in [0.05, 0.1) is 12.5 Å². The highest BCUT2D eigenvalue weighted by atomic mass is 16.1. The normalized spacial score (nSPS) is 13.8. The van der Waals surface area contributed by atoms with Crippen molar-refractivity contribution in [1.29, 1.82) is 0 Å². The van der Waals surface area contributed by atoms with E-state index in [-0.39, 0.29) is 5.91 Å². The van der Waals surface area contributed by atoms with E-state index >= 15 is 0 Å². The maximum absolute atomic E-state index is 12.7. The molecule has 140 valence electrons. The standard InChI is InChI=1S/C21H20N6O/c1-13-18(17-7-2-3-8-19(17)22-13)12-20(28)23-15-6-4-5-14(11-15)21-24-25-26-27(21)16-9-10-16/h2-8,11,16,22H,9-10,12H2,1H3,(H,23,28). The lowest BCUT2D eigenvalue weighted by molar-refractivity contribution is -0.115. The van der Waals surface area contributed by atoms with E-state index in [9.17, 15) is 4.79 Å². The van der Waals surface area contributed by atoms with Crippen LogP contribution in [0, 0.1) is 6.92 Å². The van der Waals surface area contributed by atoms with Gasteiger partial charge < -0.3 is 10.3 Å². The smallest absolute Gasteiger partial charge is 0.228 e. The fourth-order valence-corrected chi connectivity index (χ4v) is 3.61. The number of fused-ring (bicyclic) bond motifs is 1. The van der Waals surface area contributed by atoms with E-state index in [0.717, 1.165) is 52.1 Å². The number of amides is 1. The van der Waals surface area contributed by atoms with Crippen molar-refractivity contribution in [3.05, 3.63) is 59.8 Å². The first-order valence-electron chi connectivity index (χ1n) is 9.43. The number of carbonyl (C=O) groups is 1. The first-order valence-corrected chi connectivity index (χ1v) is 9.43. The molecule has 1 aliphatic rings. The molecule has 0 aliphatic heterocycles. The monoisotopic (exact) mass is 372 g/mol. The largest absolute Gasteiger partial charge is 0.358 e. The molecular weight excluding hydrogens is 352 g/mol. The number of nitrogens with one attached hydrogen (secondary N) is 2.